The zero-order chi connectivity index (χ0) is 14.9. The summed E-state index contributed by atoms with van der Waals surface area (Å²) in [6, 6.07) is 1.90. The summed E-state index contributed by atoms with van der Waals surface area (Å²) in [5, 5.41) is 9.18. The molecular formula is C15H19BrO4. The van der Waals surface area contributed by atoms with E-state index in [4.69, 9.17) is 9.47 Å². The maximum Gasteiger partial charge on any atom is 0.303 e. The highest BCUT2D eigenvalue weighted by Gasteiger charge is 2.37. The van der Waals surface area contributed by atoms with Crippen molar-refractivity contribution in [3.05, 3.63) is 21.7 Å². The molecule has 2 rings (SSSR count). The largest absolute Gasteiger partial charge is 0.493 e. The highest BCUT2D eigenvalue weighted by atomic mass is 79.9. The van der Waals surface area contributed by atoms with E-state index in [9.17, 15) is 9.90 Å². The van der Waals surface area contributed by atoms with E-state index in [-0.39, 0.29) is 12.3 Å². The number of hydrogen-bond acceptors (Lipinski definition) is 3. The summed E-state index contributed by atoms with van der Waals surface area (Å²) < 4.78 is 11.8. The normalized spacial score (nSPS) is 15.8. The average Bonchev–Trinajstić information content (AvgIpc) is 3.22. The quantitative estimate of drug-likeness (QED) is 0.855. The Labute approximate surface area is 127 Å². The Bertz CT molecular complexity index is 523. The third kappa shape index (κ3) is 2.92. The summed E-state index contributed by atoms with van der Waals surface area (Å²) in [5.41, 5.74) is 1.95. The first-order valence-electron chi connectivity index (χ1n) is 6.62. The first kappa shape index (κ1) is 15.2. The monoisotopic (exact) mass is 342 g/mol. The second-order valence-electron chi connectivity index (χ2n) is 5.20. The molecule has 1 atom stereocenters. The van der Waals surface area contributed by atoms with Gasteiger partial charge in [-0.3, -0.25) is 4.79 Å². The lowest BCUT2D eigenvalue weighted by molar-refractivity contribution is -0.137. The third-order valence-electron chi connectivity index (χ3n) is 3.78. The molecule has 1 N–H and O–H groups in total. The summed E-state index contributed by atoms with van der Waals surface area (Å²) in [7, 11) is 3.19. The summed E-state index contributed by atoms with van der Waals surface area (Å²) in [6.45, 7) is 1.97. The number of rotatable bonds is 6. The maximum absolute atomic E-state index is 11.2. The van der Waals surface area contributed by atoms with Crippen LogP contribution in [0.1, 0.15) is 36.3 Å². The fourth-order valence-electron chi connectivity index (χ4n) is 2.65. The predicted octanol–water partition coefficient (Wildman–Crippen LogP) is 3.74. The van der Waals surface area contributed by atoms with Gasteiger partial charge in [0, 0.05) is 16.0 Å². The maximum atomic E-state index is 11.2. The highest BCUT2D eigenvalue weighted by molar-refractivity contribution is 9.10. The molecule has 1 saturated carbocycles. The second-order valence-corrected chi connectivity index (χ2v) is 5.99. The van der Waals surface area contributed by atoms with Crippen LogP contribution < -0.4 is 9.47 Å². The van der Waals surface area contributed by atoms with Gasteiger partial charge in [-0.05, 0) is 37.3 Å². The second kappa shape index (κ2) is 6.04. The van der Waals surface area contributed by atoms with Crippen LogP contribution in [0.5, 0.6) is 11.5 Å². The number of carbonyl (C=O) groups is 1. The molecule has 5 heteroatoms. The number of hydrogen-bond donors (Lipinski definition) is 1. The van der Waals surface area contributed by atoms with Crippen molar-refractivity contribution in [2.24, 2.45) is 5.92 Å². The highest BCUT2D eigenvalue weighted by Crippen LogP contribution is 2.52. The molecule has 1 aromatic rings. The number of methoxy groups -OCH3 is 2. The third-order valence-corrected chi connectivity index (χ3v) is 4.83. The minimum atomic E-state index is -0.781. The van der Waals surface area contributed by atoms with Gasteiger partial charge < -0.3 is 14.6 Å². The first-order chi connectivity index (χ1) is 9.49. The van der Waals surface area contributed by atoms with E-state index in [1.807, 2.05) is 13.0 Å². The number of aliphatic carboxylic acids is 1. The van der Waals surface area contributed by atoms with E-state index in [2.05, 4.69) is 15.9 Å². The lowest BCUT2D eigenvalue weighted by atomic mass is 9.89. The van der Waals surface area contributed by atoms with Crippen LogP contribution in [0, 0.1) is 12.8 Å². The smallest absolute Gasteiger partial charge is 0.303 e. The minimum absolute atomic E-state index is 0.0365. The zero-order valence-corrected chi connectivity index (χ0v) is 13.5. The Kier molecular flexibility index (Phi) is 4.58. The molecule has 0 radical (unpaired) electrons. The number of benzene rings is 1. The summed E-state index contributed by atoms with van der Waals surface area (Å²) in [5.74, 6) is 0.895. The molecule has 0 amide bonds. The molecule has 0 aromatic heterocycles. The van der Waals surface area contributed by atoms with Crippen molar-refractivity contribution >= 4 is 21.9 Å². The molecule has 4 nitrogen and oxygen atoms in total. The summed E-state index contributed by atoms with van der Waals surface area (Å²) in [4.78, 5) is 11.2. The van der Waals surface area contributed by atoms with Crippen molar-refractivity contribution in [2.45, 2.75) is 32.1 Å². The first-order valence-corrected chi connectivity index (χ1v) is 7.41. The Morgan fingerprint density at radius 1 is 1.45 bits per heavy atom. The van der Waals surface area contributed by atoms with Gasteiger partial charge in [0.15, 0.2) is 11.5 Å². The van der Waals surface area contributed by atoms with Crippen LogP contribution in [0.4, 0.5) is 0 Å². The van der Waals surface area contributed by atoms with Crippen LogP contribution in [0.2, 0.25) is 0 Å². The number of aryl methyl sites for hydroxylation is 1. The van der Waals surface area contributed by atoms with Gasteiger partial charge in [0.25, 0.3) is 0 Å². The Balaban J connectivity index is 2.56. The SMILES string of the molecule is COc1cc(C)c(Br)c(C(CC(=O)O)C2CC2)c1OC. The number of halogens is 1. The van der Waals surface area contributed by atoms with E-state index in [1.54, 1.807) is 14.2 Å². The molecule has 1 aliphatic rings. The molecule has 1 fully saturated rings. The molecule has 0 aliphatic heterocycles. The Hall–Kier alpha value is -1.23. The van der Waals surface area contributed by atoms with Crippen LogP contribution in [0.15, 0.2) is 10.5 Å². The molecule has 1 aliphatic carbocycles. The zero-order valence-electron chi connectivity index (χ0n) is 11.9. The van der Waals surface area contributed by atoms with Crippen molar-refractivity contribution in [3.8, 4) is 11.5 Å². The molecule has 0 bridgehead atoms. The van der Waals surface area contributed by atoms with Gasteiger partial charge in [0.1, 0.15) is 0 Å². The standard InChI is InChI=1S/C15H19BrO4/c1-8-6-11(19-2)15(20-3)13(14(8)16)10(7-12(17)18)9-4-5-9/h6,9-10H,4-5,7H2,1-3H3,(H,17,18). The van der Waals surface area contributed by atoms with Gasteiger partial charge in [-0.1, -0.05) is 15.9 Å². The van der Waals surface area contributed by atoms with Crippen LogP contribution in [0.3, 0.4) is 0 Å². The van der Waals surface area contributed by atoms with Crippen molar-refractivity contribution < 1.29 is 19.4 Å². The van der Waals surface area contributed by atoms with Gasteiger partial charge in [0.2, 0.25) is 0 Å². The molecule has 0 saturated heterocycles. The van der Waals surface area contributed by atoms with Gasteiger partial charge in [0.05, 0.1) is 20.6 Å². The molecule has 0 heterocycles. The van der Waals surface area contributed by atoms with Crippen molar-refractivity contribution in [3.63, 3.8) is 0 Å². The van der Waals surface area contributed by atoms with Gasteiger partial charge in [-0.2, -0.15) is 0 Å². The van der Waals surface area contributed by atoms with Crippen molar-refractivity contribution in [1.82, 2.24) is 0 Å². The van der Waals surface area contributed by atoms with Crippen molar-refractivity contribution in [1.29, 1.82) is 0 Å². The summed E-state index contributed by atoms with van der Waals surface area (Å²) >= 11 is 3.59. The van der Waals surface area contributed by atoms with Crippen LogP contribution >= 0.6 is 15.9 Å². The van der Waals surface area contributed by atoms with E-state index in [1.165, 1.54) is 0 Å². The van der Waals surface area contributed by atoms with E-state index in [0.717, 1.165) is 28.4 Å². The average molecular weight is 343 g/mol. The minimum Gasteiger partial charge on any atom is -0.493 e. The molecule has 20 heavy (non-hydrogen) atoms. The molecule has 1 aromatic carbocycles. The molecular weight excluding hydrogens is 324 g/mol. The summed E-state index contributed by atoms with van der Waals surface area (Å²) in [6.07, 6.45) is 2.26. The van der Waals surface area contributed by atoms with Crippen molar-refractivity contribution in [2.75, 3.05) is 14.2 Å². The van der Waals surface area contributed by atoms with Gasteiger partial charge in [-0.25, -0.2) is 0 Å². The van der Waals surface area contributed by atoms with E-state index >= 15 is 0 Å². The van der Waals surface area contributed by atoms with Crippen LogP contribution in [-0.2, 0) is 4.79 Å². The Morgan fingerprint density at radius 3 is 2.55 bits per heavy atom. The topological polar surface area (TPSA) is 55.8 Å². The van der Waals surface area contributed by atoms with Gasteiger partial charge >= 0.3 is 5.97 Å². The number of carboxylic acid groups (broad SMARTS) is 1. The fourth-order valence-corrected chi connectivity index (χ4v) is 3.24. The molecule has 110 valence electrons. The molecule has 1 unspecified atom stereocenters. The van der Waals surface area contributed by atoms with E-state index in [0.29, 0.717) is 17.4 Å². The van der Waals surface area contributed by atoms with Gasteiger partial charge in [-0.15, -0.1) is 0 Å². The number of carboxylic acids is 1. The lowest BCUT2D eigenvalue weighted by Crippen LogP contribution is -2.11. The molecule has 0 spiro atoms. The van der Waals surface area contributed by atoms with Crippen LogP contribution in [0.25, 0.3) is 0 Å². The Morgan fingerprint density at radius 2 is 2.10 bits per heavy atom. The predicted molar refractivity (Wildman–Crippen MR) is 79.7 cm³/mol. The van der Waals surface area contributed by atoms with Crippen LogP contribution in [-0.4, -0.2) is 25.3 Å². The number of ether oxygens (including phenoxy) is 2. The van der Waals surface area contributed by atoms with E-state index < -0.39 is 5.97 Å². The fraction of sp³-hybridized carbons (Fsp3) is 0.533. The lowest BCUT2D eigenvalue weighted by Gasteiger charge is -2.22.